The molecular formula is C34H62Cl2N4O6. The summed E-state index contributed by atoms with van der Waals surface area (Å²) in [5.41, 5.74) is 0. The fourth-order valence-corrected chi connectivity index (χ4v) is 11.0. The number of hydrogen-bond donors (Lipinski definition) is 8. The van der Waals surface area contributed by atoms with E-state index in [9.17, 15) is 30.0 Å². The van der Waals surface area contributed by atoms with Gasteiger partial charge in [0.15, 0.2) is 0 Å². The van der Waals surface area contributed by atoms with E-state index in [2.05, 4.69) is 49.0 Å². The Morgan fingerprint density at radius 1 is 0.543 bits per heavy atom. The van der Waals surface area contributed by atoms with Crippen molar-refractivity contribution in [1.82, 2.24) is 21.3 Å². The van der Waals surface area contributed by atoms with Crippen LogP contribution in [0.3, 0.4) is 0 Å². The van der Waals surface area contributed by atoms with E-state index >= 15 is 0 Å². The standard InChI is InChI=1S/C34H60N4O6.2ClH/c1-15-21(7-9-31(41)42)27-14-28-22(8-10-32(43)44)16(2)24(36-28)12-29-34(20(6)40)18(4)26(38-29)13-30-33(19(5)39)17(3)25(37-30)11-23(15)35-27;;/h15-30,33-40H,7-14H2,1-6H3,(H,41,42)(H,43,44);2*1H. The minimum atomic E-state index is -0.764. The van der Waals surface area contributed by atoms with Crippen LogP contribution in [0.4, 0.5) is 0 Å². The zero-order valence-electron chi connectivity index (χ0n) is 28.5. The molecule has 0 saturated carbocycles. The first-order valence-electron chi connectivity index (χ1n) is 17.6. The Labute approximate surface area is 288 Å². The van der Waals surface area contributed by atoms with E-state index in [4.69, 9.17) is 0 Å². The highest BCUT2D eigenvalue weighted by Crippen LogP contribution is 2.45. The van der Waals surface area contributed by atoms with Crippen LogP contribution in [0.1, 0.15) is 92.9 Å². The van der Waals surface area contributed by atoms with Gasteiger partial charge in [0.05, 0.1) is 12.2 Å². The molecule has 18 atom stereocenters. The van der Waals surface area contributed by atoms with Gasteiger partial charge in [-0.1, -0.05) is 27.7 Å². The molecule has 0 aromatic heterocycles. The van der Waals surface area contributed by atoms with E-state index in [1.54, 1.807) is 0 Å². The molecule has 12 heteroatoms. The Balaban J connectivity index is 0.00000288. The van der Waals surface area contributed by atoms with Gasteiger partial charge in [0.1, 0.15) is 0 Å². The number of carboxylic acids is 2. The SMILES string of the molecule is CC(O)C1C2CC3NC(CC4NC(CC5NC(CC(N2)C1C)C(C(C)O)C5C)C(C)C4CCC(=O)O)C(CCC(=O)O)C3C.Cl.Cl. The maximum absolute atomic E-state index is 11.7. The summed E-state index contributed by atoms with van der Waals surface area (Å²) in [5, 5.41) is 57.1. The maximum Gasteiger partial charge on any atom is 0.303 e. The minimum absolute atomic E-state index is 0. The van der Waals surface area contributed by atoms with Crippen LogP contribution in [0.5, 0.6) is 0 Å². The van der Waals surface area contributed by atoms with Gasteiger partial charge in [-0.15, -0.1) is 24.8 Å². The topological polar surface area (TPSA) is 163 Å². The van der Waals surface area contributed by atoms with Crippen LogP contribution < -0.4 is 21.3 Å². The molecule has 8 bridgehead atoms. The second kappa shape index (κ2) is 16.3. The number of carboxylic acid groups (broad SMARTS) is 2. The molecule has 5 saturated heterocycles. The van der Waals surface area contributed by atoms with E-state index in [1.807, 2.05) is 13.8 Å². The van der Waals surface area contributed by atoms with Crippen molar-refractivity contribution in [2.45, 2.75) is 153 Å². The van der Waals surface area contributed by atoms with E-state index in [0.29, 0.717) is 24.7 Å². The summed E-state index contributed by atoms with van der Waals surface area (Å²) in [6.45, 7) is 12.9. The number of aliphatic hydroxyl groups is 2. The molecule has 0 aromatic carbocycles. The number of halogens is 2. The Morgan fingerprint density at radius 3 is 1.15 bits per heavy atom. The largest absolute Gasteiger partial charge is 0.481 e. The normalized spacial score (nSPS) is 46.6. The zero-order valence-corrected chi connectivity index (χ0v) is 30.1. The number of nitrogens with one attached hydrogen (secondary N) is 4. The predicted octanol–water partition coefficient (Wildman–Crippen LogP) is 3.27. The summed E-state index contributed by atoms with van der Waals surface area (Å²) in [7, 11) is 0. The fraction of sp³-hybridized carbons (Fsp3) is 0.941. The van der Waals surface area contributed by atoms with E-state index in [0.717, 1.165) is 25.7 Å². The molecule has 18 unspecified atom stereocenters. The van der Waals surface area contributed by atoms with Gasteiger partial charge in [-0.05, 0) is 87.9 Å². The number of carbonyl (C=O) groups is 2. The van der Waals surface area contributed by atoms with Crippen molar-refractivity contribution in [2.75, 3.05) is 0 Å². The number of rotatable bonds is 8. The molecule has 5 heterocycles. The molecule has 0 amide bonds. The Hall–Kier alpha value is -0.720. The van der Waals surface area contributed by atoms with Gasteiger partial charge in [-0.25, -0.2) is 0 Å². The van der Waals surface area contributed by atoms with Gasteiger partial charge in [-0.3, -0.25) is 9.59 Å². The first-order chi connectivity index (χ1) is 20.8. The maximum atomic E-state index is 11.7. The lowest BCUT2D eigenvalue weighted by molar-refractivity contribution is -0.138. The quantitative estimate of drug-likeness (QED) is 0.189. The molecule has 268 valence electrons. The Bertz CT molecular complexity index is 1020. The minimum Gasteiger partial charge on any atom is -0.481 e. The molecule has 10 nitrogen and oxygen atoms in total. The highest BCUT2D eigenvalue weighted by Gasteiger charge is 2.52. The van der Waals surface area contributed by atoms with Crippen LogP contribution >= 0.6 is 24.8 Å². The average molecular weight is 694 g/mol. The van der Waals surface area contributed by atoms with Crippen molar-refractivity contribution >= 4 is 36.8 Å². The first-order valence-corrected chi connectivity index (χ1v) is 17.6. The molecule has 0 aromatic rings. The molecule has 0 aliphatic carbocycles. The molecule has 5 fully saturated rings. The third-order valence-corrected chi connectivity index (χ3v) is 13.3. The van der Waals surface area contributed by atoms with Gasteiger partial charge >= 0.3 is 11.9 Å². The molecule has 0 spiro atoms. The molecule has 0 radical (unpaired) electrons. The van der Waals surface area contributed by atoms with Crippen molar-refractivity contribution < 1.29 is 30.0 Å². The van der Waals surface area contributed by atoms with Gasteiger partial charge in [0.2, 0.25) is 0 Å². The number of hydrogen-bond acceptors (Lipinski definition) is 8. The van der Waals surface area contributed by atoms with Crippen LogP contribution in [0, 0.1) is 47.3 Å². The summed E-state index contributed by atoms with van der Waals surface area (Å²) in [6, 6.07) is 1.49. The number of aliphatic carboxylic acids is 2. The van der Waals surface area contributed by atoms with E-state index < -0.39 is 24.1 Å². The van der Waals surface area contributed by atoms with Crippen LogP contribution in [-0.2, 0) is 9.59 Å². The summed E-state index contributed by atoms with van der Waals surface area (Å²) in [4.78, 5) is 23.3. The van der Waals surface area contributed by atoms with Gasteiger partial charge in [0.25, 0.3) is 0 Å². The Morgan fingerprint density at radius 2 is 0.826 bits per heavy atom. The van der Waals surface area contributed by atoms with Gasteiger partial charge in [-0.2, -0.15) is 0 Å². The van der Waals surface area contributed by atoms with Gasteiger partial charge in [0, 0.05) is 73.0 Å². The average Bonchev–Trinajstić information content (AvgIpc) is 3.59. The zero-order chi connectivity index (χ0) is 32.0. The second-order valence-electron chi connectivity index (χ2n) is 15.7. The molecular weight excluding hydrogens is 631 g/mol. The van der Waals surface area contributed by atoms with Crippen molar-refractivity contribution in [3.8, 4) is 0 Å². The summed E-state index contributed by atoms with van der Waals surface area (Å²) < 4.78 is 0. The molecule has 5 aliphatic heterocycles. The molecule has 5 aliphatic rings. The van der Waals surface area contributed by atoms with Crippen molar-refractivity contribution in [2.24, 2.45) is 47.3 Å². The van der Waals surface area contributed by atoms with Crippen LogP contribution in [0.25, 0.3) is 0 Å². The fourth-order valence-electron chi connectivity index (χ4n) is 11.0. The second-order valence-corrected chi connectivity index (χ2v) is 15.7. The summed E-state index contributed by atoms with van der Waals surface area (Å²) in [6.07, 6.45) is 4.21. The lowest BCUT2D eigenvalue weighted by Gasteiger charge is -2.29. The van der Waals surface area contributed by atoms with Crippen LogP contribution in [-0.4, -0.2) is 92.9 Å². The van der Waals surface area contributed by atoms with Crippen LogP contribution in [0.2, 0.25) is 0 Å². The highest BCUT2D eigenvalue weighted by molar-refractivity contribution is 5.85. The van der Waals surface area contributed by atoms with Crippen molar-refractivity contribution in [1.29, 1.82) is 0 Å². The number of aliphatic hydroxyl groups excluding tert-OH is 2. The Kier molecular flexibility index (Phi) is 14.1. The third-order valence-electron chi connectivity index (χ3n) is 13.3. The molecule has 8 N–H and O–H groups in total. The molecule has 46 heavy (non-hydrogen) atoms. The smallest absolute Gasteiger partial charge is 0.303 e. The van der Waals surface area contributed by atoms with E-state index in [1.165, 1.54) is 0 Å². The van der Waals surface area contributed by atoms with Crippen molar-refractivity contribution in [3.05, 3.63) is 0 Å². The highest BCUT2D eigenvalue weighted by atomic mass is 35.5. The summed E-state index contributed by atoms with van der Waals surface area (Å²) in [5.74, 6) is 0.327. The monoisotopic (exact) mass is 692 g/mol. The molecule has 5 rings (SSSR count). The lowest BCUT2D eigenvalue weighted by Crippen LogP contribution is -2.46. The first kappa shape index (κ1) is 39.7. The van der Waals surface area contributed by atoms with Crippen LogP contribution in [0.15, 0.2) is 0 Å². The summed E-state index contributed by atoms with van der Waals surface area (Å²) >= 11 is 0. The predicted molar refractivity (Wildman–Crippen MR) is 184 cm³/mol. The third kappa shape index (κ3) is 8.18. The van der Waals surface area contributed by atoms with Crippen molar-refractivity contribution in [3.63, 3.8) is 0 Å². The number of fused-ring (bicyclic) bond motifs is 8. The van der Waals surface area contributed by atoms with E-state index in [-0.39, 0.29) is 121 Å². The van der Waals surface area contributed by atoms with Gasteiger partial charge < -0.3 is 41.7 Å². The lowest BCUT2D eigenvalue weighted by atomic mass is 9.76.